The van der Waals surface area contributed by atoms with Crippen LogP contribution in [0.25, 0.3) is 0 Å². The van der Waals surface area contributed by atoms with Crippen molar-refractivity contribution in [3.63, 3.8) is 0 Å². The van der Waals surface area contributed by atoms with Gasteiger partial charge in [-0.15, -0.1) is 0 Å². The average molecular weight is 328 g/mol. The number of esters is 1. The Morgan fingerprint density at radius 3 is 2.42 bits per heavy atom. The van der Waals surface area contributed by atoms with E-state index < -0.39 is 29.8 Å². The Bertz CT molecular complexity index is 736. The van der Waals surface area contributed by atoms with E-state index in [-0.39, 0.29) is 5.76 Å². The molecule has 1 aliphatic carbocycles. The number of benzene rings is 1. The van der Waals surface area contributed by atoms with Crippen LogP contribution in [0.15, 0.2) is 53.1 Å². The monoisotopic (exact) mass is 328 g/mol. The first-order valence-electron chi connectivity index (χ1n) is 7.47. The second-order valence-corrected chi connectivity index (χ2v) is 5.50. The largest absolute Gasteiger partial charge is 0.459 e. The van der Waals surface area contributed by atoms with E-state index in [0.29, 0.717) is 12.8 Å². The lowest BCUT2D eigenvalue weighted by atomic mass is 9.96. The molecule has 7 nitrogen and oxygen atoms in total. The van der Waals surface area contributed by atoms with Gasteiger partial charge in [0.1, 0.15) is 0 Å². The zero-order chi connectivity index (χ0) is 17.0. The molecule has 0 bridgehead atoms. The number of furan rings is 1. The van der Waals surface area contributed by atoms with E-state index in [4.69, 9.17) is 9.15 Å². The van der Waals surface area contributed by atoms with E-state index in [9.17, 15) is 14.4 Å². The minimum absolute atomic E-state index is 0.0632. The summed E-state index contributed by atoms with van der Waals surface area (Å²) in [4.78, 5) is 35.5. The molecule has 0 spiro atoms. The summed E-state index contributed by atoms with van der Waals surface area (Å²) in [7, 11) is 0. The van der Waals surface area contributed by atoms with Crippen LogP contribution in [0.4, 0.5) is 0 Å². The normalized spacial score (nSPS) is 14.5. The summed E-state index contributed by atoms with van der Waals surface area (Å²) in [5.74, 6) is -1.59. The van der Waals surface area contributed by atoms with Crippen molar-refractivity contribution in [1.82, 2.24) is 10.9 Å². The lowest BCUT2D eigenvalue weighted by Gasteiger charge is -2.14. The van der Waals surface area contributed by atoms with E-state index >= 15 is 0 Å². The van der Waals surface area contributed by atoms with Crippen molar-refractivity contribution in [3.8, 4) is 0 Å². The quantitative estimate of drug-likeness (QED) is 0.637. The molecule has 24 heavy (non-hydrogen) atoms. The molecule has 1 heterocycles. The Labute approximate surface area is 137 Å². The number of carbonyl (C=O) groups is 3. The van der Waals surface area contributed by atoms with E-state index in [0.717, 1.165) is 5.56 Å². The molecule has 3 rings (SSSR count). The third-order valence-corrected chi connectivity index (χ3v) is 3.86. The van der Waals surface area contributed by atoms with Crippen LogP contribution in [0.5, 0.6) is 0 Å². The number of rotatable bonds is 5. The summed E-state index contributed by atoms with van der Waals surface area (Å²) >= 11 is 0. The van der Waals surface area contributed by atoms with Gasteiger partial charge in [0.2, 0.25) is 0 Å². The van der Waals surface area contributed by atoms with E-state index in [2.05, 4.69) is 10.9 Å². The van der Waals surface area contributed by atoms with Crippen LogP contribution in [0.3, 0.4) is 0 Å². The summed E-state index contributed by atoms with van der Waals surface area (Å²) in [5, 5.41) is 0. The first-order valence-corrected chi connectivity index (χ1v) is 7.47. The van der Waals surface area contributed by atoms with Gasteiger partial charge in [-0.05, 0) is 30.5 Å². The van der Waals surface area contributed by atoms with Gasteiger partial charge < -0.3 is 9.15 Å². The van der Waals surface area contributed by atoms with Gasteiger partial charge in [-0.25, -0.2) is 0 Å². The highest BCUT2D eigenvalue weighted by Crippen LogP contribution is 2.49. The predicted molar refractivity (Wildman–Crippen MR) is 82.6 cm³/mol. The van der Waals surface area contributed by atoms with Crippen molar-refractivity contribution in [3.05, 3.63) is 60.1 Å². The van der Waals surface area contributed by atoms with Gasteiger partial charge in [0.15, 0.2) is 12.4 Å². The molecular weight excluding hydrogens is 312 g/mol. The third-order valence-electron chi connectivity index (χ3n) is 3.86. The summed E-state index contributed by atoms with van der Waals surface area (Å²) in [6.07, 6.45) is 2.75. The molecule has 7 heteroatoms. The highest BCUT2D eigenvalue weighted by atomic mass is 16.5. The molecule has 0 saturated heterocycles. The van der Waals surface area contributed by atoms with Crippen molar-refractivity contribution in [2.24, 2.45) is 0 Å². The maximum Gasteiger partial charge on any atom is 0.317 e. The van der Waals surface area contributed by atoms with Gasteiger partial charge in [-0.2, -0.15) is 0 Å². The minimum atomic E-state index is -0.640. The third kappa shape index (κ3) is 3.29. The lowest BCUT2D eigenvalue weighted by molar-refractivity contribution is -0.151. The van der Waals surface area contributed by atoms with Crippen LogP contribution in [0.1, 0.15) is 29.0 Å². The fourth-order valence-electron chi connectivity index (χ4n) is 2.39. The summed E-state index contributed by atoms with van der Waals surface area (Å²) in [5.41, 5.74) is 4.58. The number of carbonyl (C=O) groups excluding carboxylic acids is 3. The molecular formula is C17H16N2O5. The number of hydrogen-bond acceptors (Lipinski definition) is 5. The van der Waals surface area contributed by atoms with Crippen molar-refractivity contribution in [2.75, 3.05) is 6.61 Å². The lowest BCUT2D eigenvalue weighted by Crippen LogP contribution is -2.44. The van der Waals surface area contributed by atoms with Crippen molar-refractivity contribution in [2.45, 2.75) is 18.3 Å². The van der Waals surface area contributed by atoms with Crippen LogP contribution in [0, 0.1) is 0 Å². The molecule has 0 atom stereocenters. The molecule has 1 aromatic heterocycles. The van der Waals surface area contributed by atoms with Gasteiger partial charge in [0, 0.05) is 0 Å². The Balaban J connectivity index is 1.46. The molecule has 2 N–H and O–H groups in total. The van der Waals surface area contributed by atoms with E-state index in [1.807, 2.05) is 30.3 Å². The Morgan fingerprint density at radius 2 is 1.79 bits per heavy atom. The van der Waals surface area contributed by atoms with E-state index in [1.54, 1.807) is 6.07 Å². The van der Waals surface area contributed by atoms with Crippen LogP contribution in [-0.4, -0.2) is 24.4 Å². The van der Waals surface area contributed by atoms with Crippen molar-refractivity contribution < 1.29 is 23.5 Å². The molecule has 0 unspecified atom stereocenters. The Hall–Kier alpha value is -3.09. The van der Waals surface area contributed by atoms with Crippen molar-refractivity contribution >= 4 is 17.8 Å². The maximum atomic E-state index is 12.3. The molecule has 1 aromatic carbocycles. The SMILES string of the molecule is O=C(COC(=O)C1(c2ccccc2)CC1)NNC(=O)c1ccco1. The average Bonchev–Trinajstić information content (AvgIpc) is 3.25. The fourth-order valence-corrected chi connectivity index (χ4v) is 2.39. The highest BCUT2D eigenvalue weighted by Gasteiger charge is 2.52. The molecule has 2 aromatic rings. The summed E-state index contributed by atoms with van der Waals surface area (Å²) in [6, 6.07) is 12.4. The van der Waals surface area contributed by atoms with E-state index in [1.165, 1.54) is 12.3 Å². The number of ether oxygens (including phenoxy) is 1. The number of hydrogen-bond donors (Lipinski definition) is 2. The minimum Gasteiger partial charge on any atom is -0.459 e. The number of hydrazine groups is 1. The zero-order valence-corrected chi connectivity index (χ0v) is 12.8. The highest BCUT2D eigenvalue weighted by molar-refractivity contribution is 5.93. The van der Waals surface area contributed by atoms with Gasteiger partial charge in [-0.3, -0.25) is 25.2 Å². The molecule has 1 fully saturated rings. The van der Waals surface area contributed by atoms with Gasteiger partial charge in [-0.1, -0.05) is 30.3 Å². The summed E-state index contributed by atoms with van der Waals surface area (Å²) in [6.45, 7) is -0.466. The zero-order valence-electron chi connectivity index (χ0n) is 12.8. The number of amides is 2. The molecule has 2 amide bonds. The van der Waals surface area contributed by atoms with Gasteiger partial charge >= 0.3 is 11.9 Å². The van der Waals surface area contributed by atoms with Crippen LogP contribution in [-0.2, 0) is 19.7 Å². The smallest absolute Gasteiger partial charge is 0.317 e. The second kappa shape index (κ2) is 6.57. The topological polar surface area (TPSA) is 97.6 Å². The van der Waals surface area contributed by atoms with Crippen LogP contribution < -0.4 is 10.9 Å². The summed E-state index contributed by atoms with van der Waals surface area (Å²) < 4.78 is 9.96. The van der Waals surface area contributed by atoms with Gasteiger partial charge in [0.05, 0.1) is 11.7 Å². The van der Waals surface area contributed by atoms with Crippen LogP contribution >= 0.6 is 0 Å². The molecule has 0 aliphatic heterocycles. The molecule has 124 valence electrons. The predicted octanol–water partition coefficient (Wildman–Crippen LogP) is 1.32. The Kier molecular flexibility index (Phi) is 4.33. The maximum absolute atomic E-state index is 12.3. The first-order chi connectivity index (χ1) is 11.6. The standard InChI is InChI=1S/C17H16N2O5/c20-14(18-19-15(21)13-7-4-10-23-13)11-24-16(22)17(8-9-17)12-5-2-1-3-6-12/h1-7,10H,8-9,11H2,(H,18,20)(H,19,21). The first kappa shape index (κ1) is 15.8. The molecule has 1 saturated carbocycles. The van der Waals surface area contributed by atoms with Crippen LogP contribution in [0.2, 0.25) is 0 Å². The second-order valence-electron chi connectivity index (χ2n) is 5.50. The molecule has 1 aliphatic rings. The number of nitrogens with one attached hydrogen (secondary N) is 2. The molecule has 0 radical (unpaired) electrons. The van der Waals surface area contributed by atoms with Crippen molar-refractivity contribution in [1.29, 1.82) is 0 Å². The van der Waals surface area contributed by atoms with Gasteiger partial charge in [0.25, 0.3) is 5.91 Å². The Morgan fingerprint density at radius 1 is 1.04 bits per heavy atom. The fraction of sp³-hybridized carbons (Fsp3) is 0.235.